The van der Waals surface area contributed by atoms with E-state index in [4.69, 9.17) is 9.84 Å². The Morgan fingerprint density at radius 3 is 2.67 bits per heavy atom. The van der Waals surface area contributed by atoms with E-state index >= 15 is 0 Å². The molecule has 1 amide bonds. The normalized spacial score (nSPS) is 18.7. The van der Waals surface area contributed by atoms with Crippen molar-refractivity contribution in [1.29, 1.82) is 0 Å². The lowest BCUT2D eigenvalue weighted by atomic mass is 10.2. The van der Waals surface area contributed by atoms with Crippen molar-refractivity contribution in [2.45, 2.75) is 13.0 Å². The van der Waals surface area contributed by atoms with Gasteiger partial charge in [-0.2, -0.15) is 0 Å². The third kappa shape index (κ3) is 3.00. The molecule has 2 rings (SSSR count). The lowest BCUT2D eigenvalue weighted by Crippen LogP contribution is -2.30. The molecule has 1 aliphatic heterocycles. The van der Waals surface area contributed by atoms with Crippen molar-refractivity contribution < 1.29 is 19.4 Å². The summed E-state index contributed by atoms with van der Waals surface area (Å²) in [6.45, 7) is 0.904. The van der Waals surface area contributed by atoms with Crippen LogP contribution in [-0.2, 0) is 16.1 Å². The highest BCUT2D eigenvalue weighted by Gasteiger charge is 2.31. The Bertz CT molecular complexity index is 432. The number of nitrogens with zero attached hydrogens (tertiary/aromatic N) is 1. The summed E-state index contributed by atoms with van der Waals surface area (Å²) in [5.41, 5.74) is 0.917. The van der Waals surface area contributed by atoms with E-state index in [0.29, 0.717) is 13.0 Å². The molecule has 0 spiro atoms. The Balaban J connectivity index is 1.81. The number of benzene rings is 1. The van der Waals surface area contributed by atoms with Gasteiger partial charge >= 0.3 is 12.1 Å². The minimum absolute atomic E-state index is 0.216. The number of hydrogen-bond acceptors (Lipinski definition) is 3. The molecular weight excluding hydrogens is 235 g/mol. The molecule has 1 fully saturated rings. The second kappa shape index (κ2) is 5.53. The van der Waals surface area contributed by atoms with E-state index in [1.165, 1.54) is 4.90 Å². The number of carboxylic acids is 1. The van der Waals surface area contributed by atoms with Crippen molar-refractivity contribution in [3.63, 3.8) is 0 Å². The van der Waals surface area contributed by atoms with Gasteiger partial charge in [-0.15, -0.1) is 0 Å². The van der Waals surface area contributed by atoms with Gasteiger partial charge in [-0.05, 0) is 12.0 Å². The Morgan fingerprint density at radius 1 is 1.33 bits per heavy atom. The number of carboxylic acid groups (broad SMARTS) is 1. The Labute approximate surface area is 105 Å². The maximum Gasteiger partial charge on any atom is 0.410 e. The van der Waals surface area contributed by atoms with Crippen LogP contribution >= 0.6 is 0 Å². The first-order valence-corrected chi connectivity index (χ1v) is 5.85. The van der Waals surface area contributed by atoms with Crippen LogP contribution in [0.4, 0.5) is 4.79 Å². The number of likely N-dealkylation sites (tertiary alicyclic amines) is 1. The van der Waals surface area contributed by atoms with Crippen LogP contribution in [0, 0.1) is 5.92 Å². The summed E-state index contributed by atoms with van der Waals surface area (Å²) in [5.74, 6) is -1.32. The van der Waals surface area contributed by atoms with Crippen LogP contribution < -0.4 is 0 Å². The smallest absolute Gasteiger partial charge is 0.410 e. The quantitative estimate of drug-likeness (QED) is 0.829. The van der Waals surface area contributed by atoms with Gasteiger partial charge in [0.05, 0.1) is 5.92 Å². The van der Waals surface area contributed by atoms with Crippen LogP contribution in [0.15, 0.2) is 30.3 Å². The zero-order valence-electron chi connectivity index (χ0n) is 9.91. The van der Waals surface area contributed by atoms with Crippen LogP contribution in [0.1, 0.15) is 12.0 Å². The molecule has 1 aliphatic rings. The van der Waals surface area contributed by atoms with Crippen LogP contribution in [0.3, 0.4) is 0 Å². The largest absolute Gasteiger partial charge is 0.481 e. The number of carbonyl (C=O) groups is 2. The van der Waals surface area contributed by atoms with Crippen LogP contribution in [0.5, 0.6) is 0 Å². The summed E-state index contributed by atoms with van der Waals surface area (Å²) in [6, 6.07) is 9.39. The SMILES string of the molecule is O=C(OCc1ccccc1)N1CC[C@@H]([13C](=O)O)C1. The van der Waals surface area contributed by atoms with E-state index in [1.54, 1.807) is 0 Å². The molecule has 5 nitrogen and oxygen atoms in total. The number of ether oxygens (including phenoxy) is 1. The average molecular weight is 250 g/mol. The molecule has 0 saturated carbocycles. The predicted octanol–water partition coefficient (Wildman–Crippen LogP) is 1.73. The van der Waals surface area contributed by atoms with Gasteiger partial charge in [-0.1, -0.05) is 30.3 Å². The first-order chi connectivity index (χ1) is 8.66. The second-order valence-corrected chi connectivity index (χ2v) is 4.31. The number of rotatable bonds is 3. The second-order valence-electron chi connectivity index (χ2n) is 4.31. The number of hydrogen-bond donors (Lipinski definition) is 1. The maximum absolute atomic E-state index is 11.7. The fourth-order valence-electron chi connectivity index (χ4n) is 1.94. The zero-order valence-corrected chi connectivity index (χ0v) is 9.91. The van der Waals surface area contributed by atoms with Crippen molar-refractivity contribution >= 4 is 12.1 Å². The minimum atomic E-state index is -0.853. The van der Waals surface area contributed by atoms with Gasteiger partial charge in [-0.25, -0.2) is 4.79 Å². The summed E-state index contributed by atoms with van der Waals surface area (Å²) in [7, 11) is 0. The van der Waals surface area contributed by atoms with Crippen LogP contribution in [0.25, 0.3) is 0 Å². The molecule has 0 bridgehead atoms. The summed E-state index contributed by atoms with van der Waals surface area (Å²) in [4.78, 5) is 23.9. The Hall–Kier alpha value is -2.04. The minimum Gasteiger partial charge on any atom is -0.481 e. The van der Waals surface area contributed by atoms with Gasteiger partial charge in [-0.3, -0.25) is 4.79 Å². The van der Waals surface area contributed by atoms with Gasteiger partial charge in [0.15, 0.2) is 0 Å². The van der Waals surface area contributed by atoms with Crippen molar-refractivity contribution in [1.82, 2.24) is 4.90 Å². The topological polar surface area (TPSA) is 66.8 Å². The van der Waals surface area contributed by atoms with Crippen LogP contribution in [-0.4, -0.2) is 35.2 Å². The van der Waals surface area contributed by atoms with Gasteiger partial charge < -0.3 is 14.7 Å². The van der Waals surface area contributed by atoms with E-state index in [9.17, 15) is 9.59 Å². The number of carbonyl (C=O) groups excluding carboxylic acids is 1. The highest BCUT2D eigenvalue weighted by atomic mass is 16.6. The Morgan fingerprint density at radius 2 is 2.06 bits per heavy atom. The summed E-state index contributed by atoms with van der Waals surface area (Å²) >= 11 is 0. The third-order valence-electron chi connectivity index (χ3n) is 3.00. The van der Waals surface area contributed by atoms with E-state index in [0.717, 1.165) is 5.56 Å². The monoisotopic (exact) mass is 250 g/mol. The molecule has 1 aromatic rings. The number of amides is 1. The molecule has 1 heterocycles. The van der Waals surface area contributed by atoms with Crippen LogP contribution in [0.2, 0.25) is 0 Å². The van der Waals surface area contributed by atoms with E-state index in [1.807, 2.05) is 30.3 Å². The first-order valence-electron chi connectivity index (χ1n) is 5.85. The van der Waals surface area contributed by atoms with Crippen molar-refractivity contribution in [2.24, 2.45) is 5.92 Å². The molecule has 0 aromatic heterocycles. The fraction of sp³-hybridized carbons (Fsp3) is 0.385. The molecule has 96 valence electrons. The van der Waals surface area contributed by atoms with Gasteiger partial charge in [0.1, 0.15) is 6.61 Å². The summed E-state index contributed by atoms with van der Waals surface area (Å²) < 4.78 is 5.13. The van der Waals surface area contributed by atoms with Crippen molar-refractivity contribution in [2.75, 3.05) is 13.1 Å². The Kier molecular flexibility index (Phi) is 3.82. The summed E-state index contributed by atoms with van der Waals surface area (Å²) in [6.07, 6.45) is 0.0538. The van der Waals surface area contributed by atoms with Crippen molar-refractivity contribution in [3.05, 3.63) is 35.9 Å². The molecule has 1 N–H and O–H groups in total. The molecule has 18 heavy (non-hydrogen) atoms. The highest BCUT2D eigenvalue weighted by molar-refractivity contribution is 5.74. The standard InChI is InChI=1S/C13H15NO4/c15-12(16)11-6-7-14(8-11)13(17)18-9-10-4-2-1-3-5-10/h1-5,11H,6-9H2,(H,15,16)/t11-/m1/s1/i12+1. The van der Waals surface area contributed by atoms with E-state index < -0.39 is 18.0 Å². The molecule has 5 heteroatoms. The maximum atomic E-state index is 11.7. The molecule has 1 aromatic carbocycles. The fourth-order valence-corrected chi connectivity index (χ4v) is 1.94. The molecule has 1 atom stereocenters. The lowest BCUT2D eigenvalue weighted by molar-refractivity contribution is -0.141. The summed E-state index contributed by atoms with van der Waals surface area (Å²) in [5, 5.41) is 8.84. The van der Waals surface area contributed by atoms with Crippen molar-refractivity contribution in [3.8, 4) is 0 Å². The number of aliphatic carboxylic acids is 1. The highest BCUT2D eigenvalue weighted by Crippen LogP contribution is 2.17. The molecular formula is C13H15NO4. The van der Waals surface area contributed by atoms with E-state index in [-0.39, 0.29) is 13.2 Å². The first kappa shape index (κ1) is 12.4. The average Bonchev–Trinajstić information content (AvgIpc) is 2.87. The third-order valence-corrected chi connectivity index (χ3v) is 3.00. The van der Waals surface area contributed by atoms with Gasteiger partial charge in [0, 0.05) is 13.1 Å². The van der Waals surface area contributed by atoms with Gasteiger partial charge in [0.25, 0.3) is 0 Å². The van der Waals surface area contributed by atoms with Gasteiger partial charge in [0.2, 0.25) is 0 Å². The molecule has 0 aliphatic carbocycles. The predicted molar refractivity (Wildman–Crippen MR) is 63.9 cm³/mol. The van der Waals surface area contributed by atoms with E-state index in [2.05, 4.69) is 0 Å². The molecule has 1 saturated heterocycles. The molecule has 0 radical (unpaired) electrons. The zero-order chi connectivity index (χ0) is 13.0. The lowest BCUT2D eigenvalue weighted by Gasteiger charge is -2.15. The molecule has 0 unspecified atom stereocenters.